The van der Waals surface area contributed by atoms with Gasteiger partial charge in [-0.1, -0.05) is 23.2 Å². The lowest BCUT2D eigenvalue weighted by molar-refractivity contribution is 0.0948. The molecule has 4 N–H and O–H groups in total. The highest BCUT2D eigenvalue weighted by Crippen LogP contribution is 2.29. The van der Waals surface area contributed by atoms with Gasteiger partial charge in [-0.3, -0.25) is 15.3 Å². The summed E-state index contributed by atoms with van der Waals surface area (Å²) in [5, 5.41) is 7.57. The van der Waals surface area contributed by atoms with Crippen LogP contribution in [-0.2, 0) is 0 Å². The maximum absolute atomic E-state index is 11.2. The van der Waals surface area contributed by atoms with E-state index in [1.165, 1.54) is 0 Å². The molecule has 88 valence electrons. The van der Waals surface area contributed by atoms with Gasteiger partial charge in [0.2, 0.25) is 0 Å². The van der Waals surface area contributed by atoms with Crippen LogP contribution in [0.5, 0.6) is 0 Å². The average Bonchev–Trinajstić information content (AvgIpc) is 2.80. The number of aromatic nitrogens is 2. The number of nitrogen functional groups attached to an aromatic ring is 1. The number of benzene rings is 1. The van der Waals surface area contributed by atoms with Gasteiger partial charge in [0.1, 0.15) is 5.69 Å². The summed E-state index contributed by atoms with van der Waals surface area (Å²) in [5.74, 6) is 4.55. The Labute approximate surface area is 107 Å². The van der Waals surface area contributed by atoms with Crippen LogP contribution < -0.4 is 11.3 Å². The predicted octanol–water partition coefficient (Wildman–Crippen LogP) is 1.99. The smallest absolute Gasteiger partial charge is 0.283 e. The Hall–Kier alpha value is -1.56. The minimum absolute atomic E-state index is 0.249. The lowest BCUT2D eigenvalue weighted by Gasteiger charge is -2.00. The predicted molar refractivity (Wildman–Crippen MR) is 65.7 cm³/mol. The first-order valence-electron chi connectivity index (χ1n) is 4.63. The van der Waals surface area contributed by atoms with Gasteiger partial charge < -0.3 is 0 Å². The molecule has 1 aromatic heterocycles. The summed E-state index contributed by atoms with van der Waals surface area (Å²) in [4.78, 5) is 11.2. The second-order valence-electron chi connectivity index (χ2n) is 3.26. The molecule has 7 heteroatoms. The van der Waals surface area contributed by atoms with E-state index in [1.807, 2.05) is 5.43 Å². The SMILES string of the molecule is NNC(=O)c1cc(-c2cc(Cl)ccc2Cl)n[nH]1. The van der Waals surface area contributed by atoms with Gasteiger partial charge in [-0.25, -0.2) is 5.84 Å². The van der Waals surface area contributed by atoms with Gasteiger partial charge in [0.25, 0.3) is 5.91 Å². The lowest BCUT2D eigenvalue weighted by atomic mass is 10.1. The lowest BCUT2D eigenvalue weighted by Crippen LogP contribution is -2.30. The average molecular weight is 271 g/mol. The molecule has 1 aromatic carbocycles. The minimum Gasteiger partial charge on any atom is -0.289 e. The van der Waals surface area contributed by atoms with Crippen LogP contribution in [0.1, 0.15) is 10.5 Å². The van der Waals surface area contributed by atoms with Gasteiger partial charge in [-0.2, -0.15) is 5.10 Å². The molecular weight excluding hydrogens is 263 g/mol. The van der Waals surface area contributed by atoms with Crippen LogP contribution in [0.15, 0.2) is 24.3 Å². The normalized spacial score (nSPS) is 10.3. The zero-order chi connectivity index (χ0) is 12.4. The highest BCUT2D eigenvalue weighted by atomic mass is 35.5. The fourth-order valence-electron chi connectivity index (χ4n) is 1.35. The number of amides is 1. The summed E-state index contributed by atoms with van der Waals surface area (Å²) in [6, 6.07) is 6.55. The maximum Gasteiger partial charge on any atom is 0.283 e. The quantitative estimate of drug-likeness (QED) is 0.443. The van der Waals surface area contributed by atoms with Gasteiger partial charge in [0, 0.05) is 10.6 Å². The monoisotopic (exact) mass is 270 g/mol. The number of nitrogens with two attached hydrogens (primary N) is 1. The number of hydrogen-bond donors (Lipinski definition) is 3. The topological polar surface area (TPSA) is 83.8 Å². The molecule has 0 bridgehead atoms. The number of carbonyl (C=O) groups excluding carboxylic acids is 1. The Balaban J connectivity index is 2.43. The Morgan fingerprint density at radius 2 is 2.12 bits per heavy atom. The fourth-order valence-corrected chi connectivity index (χ4v) is 1.73. The molecular formula is C10H8Cl2N4O. The first-order chi connectivity index (χ1) is 8.11. The number of hydrazine groups is 1. The molecule has 0 fully saturated rings. The van der Waals surface area contributed by atoms with E-state index in [-0.39, 0.29) is 5.69 Å². The largest absolute Gasteiger partial charge is 0.289 e. The second kappa shape index (κ2) is 4.75. The Kier molecular flexibility index (Phi) is 3.33. The van der Waals surface area contributed by atoms with E-state index in [1.54, 1.807) is 24.3 Å². The van der Waals surface area contributed by atoms with E-state index < -0.39 is 5.91 Å². The Morgan fingerprint density at radius 1 is 1.35 bits per heavy atom. The molecule has 0 spiro atoms. The number of rotatable bonds is 2. The molecule has 0 radical (unpaired) electrons. The molecule has 0 aliphatic carbocycles. The van der Waals surface area contributed by atoms with Gasteiger partial charge >= 0.3 is 0 Å². The van der Waals surface area contributed by atoms with E-state index in [4.69, 9.17) is 29.0 Å². The third-order valence-electron chi connectivity index (χ3n) is 2.16. The van der Waals surface area contributed by atoms with Crippen LogP contribution in [0.25, 0.3) is 11.3 Å². The van der Waals surface area contributed by atoms with Gasteiger partial charge in [-0.15, -0.1) is 0 Å². The third kappa shape index (κ3) is 2.41. The molecule has 5 nitrogen and oxygen atoms in total. The zero-order valence-electron chi connectivity index (χ0n) is 8.50. The fraction of sp³-hybridized carbons (Fsp3) is 0. The van der Waals surface area contributed by atoms with Crippen LogP contribution in [-0.4, -0.2) is 16.1 Å². The van der Waals surface area contributed by atoms with Crippen molar-refractivity contribution in [1.82, 2.24) is 15.6 Å². The molecule has 17 heavy (non-hydrogen) atoms. The number of nitrogens with one attached hydrogen (secondary N) is 2. The van der Waals surface area contributed by atoms with E-state index in [0.29, 0.717) is 21.3 Å². The summed E-state index contributed by atoms with van der Waals surface area (Å²) < 4.78 is 0. The number of nitrogens with zero attached hydrogens (tertiary/aromatic N) is 1. The van der Waals surface area contributed by atoms with Crippen molar-refractivity contribution in [1.29, 1.82) is 0 Å². The van der Waals surface area contributed by atoms with Crippen LogP contribution in [0.4, 0.5) is 0 Å². The van der Waals surface area contributed by atoms with E-state index >= 15 is 0 Å². The number of carbonyl (C=O) groups is 1. The van der Waals surface area contributed by atoms with E-state index in [9.17, 15) is 4.79 Å². The van der Waals surface area contributed by atoms with Crippen molar-refractivity contribution in [3.05, 3.63) is 40.0 Å². The molecule has 1 amide bonds. The van der Waals surface area contributed by atoms with Gasteiger partial charge in [-0.05, 0) is 24.3 Å². The number of H-pyrrole nitrogens is 1. The minimum atomic E-state index is -0.457. The summed E-state index contributed by atoms with van der Waals surface area (Å²) >= 11 is 11.9. The molecule has 0 saturated heterocycles. The number of halogens is 2. The molecule has 0 aliphatic rings. The van der Waals surface area contributed by atoms with Crippen molar-refractivity contribution >= 4 is 29.1 Å². The Bertz CT molecular complexity index is 567. The van der Waals surface area contributed by atoms with E-state index in [0.717, 1.165) is 0 Å². The van der Waals surface area contributed by atoms with Crippen LogP contribution in [0, 0.1) is 0 Å². The molecule has 0 atom stereocenters. The Morgan fingerprint density at radius 3 is 2.82 bits per heavy atom. The van der Waals surface area contributed by atoms with E-state index in [2.05, 4.69) is 10.2 Å². The van der Waals surface area contributed by atoms with Crippen molar-refractivity contribution in [2.24, 2.45) is 5.84 Å². The van der Waals surface area contributed by atoms with Crippen molar-refractivity contribution in [2.75, 3.05) is 0 Å². The summed E-state index contributed by atoms with van der Waals surface area (Å²) in [7, 11) is 0. The number of aromatic amines is 1. The first kappa shape index (κ1) is 11.9. The second-order valence-corrected chi connectivity index (χ2v) is 4.11. The summed E-state index contributed by atoms with van der Waals surface area (Å²) in [6.07, 6.45) is 0. The molecule has 2 aromatic rings. The van der Waals surface area contributed by atoms with Crippen molar-refractivity contribution in [3.63, 3.8) is 0 Å². The highest BCUT2D eigenvalue weighted by Gasteiger charge is 2.12. The summed E-state index contributed by atoms with van der Waals surface area (Å²) in [6.45, 7) is 0. The molecule has 0 aliphatic heterocycles. The maximum atomic E-state index is 11.2. The van der Waals surface area contributed by atoms with Crippen molar-refractivity contribution in [3.8, 4) is 11.3 Å². The van der Waals surface area contributed by atoms with Crippen LogP contribution in [0.2, 0.25) is 10.0 Å². The molecule has 2 rings (SSSR count). The molecule has 1 heterocycles. The summed E-state index contributed by atoms with van der Waals surface area (Å²) in [5.41, 5.74) is 3.42. The van der Waals surface area contributed by atoms with Gasteiger partial charge in [0.15, 0.2) is 0 Å². The van der Waals surface area contributed by atoms with Crippen molar-refractivity contribution < 1.29 is 4.79 Å². The first-order valence-corrected chi connectivity index (χ1v) is 5.39. The van der Waals surface area contributed by atoms with Crippen LogP contribution in [0.3, 0.4) is 0 Å². The third-order valence-corrected chi connectivity index (χ3v) is 2.72. The number of hydrogen-bond acceptors (Lipinski definition) is 3. The highest BCUT2D eigenvalue weighted by molar-refractivity contribution is 6.35. The van der Waals surface area contributed by atoms with Gasteiger partial charge in [0.05, 0.1) is 10.7 Å². The van der Waals surface area contributed by atoms with Crippen LogP contribution >= 0.6 is 23.2 Å². The zero-order valence-corrected chi connectivity index (χ0v) is 10.0. The van der Waals surface area contributed by atoms with Crippen molar-refractivity contribution in [2.45, 2.75) is 0 Å². The standard InChI is InChI=1S/C10H8Cl2N4O/c11-5-1-2-7(12)6(3-5)8-4-9(16-15-8)10(17)14-13/h1-4H,13H2,(H,14,17)(H,15,16). The molecule has 0 unspecified atom stereocenters. The molecule has 0 saturated carbocycles.